The minimum absolute atomic E-state index is 0.299. The van der Waals surface area contributed by atoms with Crippen molar-refractivity contribution in [2.24, 2.45) is 5.92 Å². The van der Waals surface area contributed by atoms with Gasteiger partial charge in [-0.2, -0.15) is 4.98 Å². The molecule has 4 aromatic rings. The standard InChI is InChI=1S/C29H33N7O3/c1-3-39-28-27(38-2)26(31-18-32-28)21-6-7-23-24(15-21)34-25(33-23)16-22-14-19(8-9-30-22)17-35-10-12-36(13-11-35)29(37)20-4-5-20/h6-9,14-15,18,20H,3-5,10-13,16-17H2,1-2H3,(H,33,34). The van der Waals surface area contributed by atoms with Crippen molar-refractivity contribution >= 4 is 16.9 Å². The molecule has 10 heteroatoms. The summed E-state index contributed by atoms with van der Waals surface area (Å²) in [6.45, 7) is 6.71. The highest BCUT2D eigenvalue weighted by Gasteiger charge is 2.34. The van der Waals surface area contributed by atoms with E-state index in [9.17, 15) is 4.79 Å². The molecule has 0 spiro atoms. The molecule has 0 atom stereocenters. The largest absolute Gasteiger partial charge is 0.490 e. The summed E-state index contributed by atoms with van der Waals surface area (Å²) in [6, 6.07) is 10.2. The number of nitrogens with zero attached hydrogens (tertiary/aromatic N) is 6. The van der Waals surface area contributed by atoms with Gasteiger partial charge < -0.3 is 19.4 Å². The lowest BCUT2D eigenvalue weighted by Gasteiger charge is -2.35. The van der Waals surface area contributed by atoms with E-state index in [0.29, 0.717) is 42.2 Å². The second kappa shape index (κ2) is 11.0. The fraction of sp³-hybridized carbons (Fsp3) is 0.414. The number of hydrogen-bond donors (Lipinski definition) is 1. The number of fused-ring (bicyclic) bond motifs is 1. The Kier molecular flexibility index (Phi) is 7.10. The second-order valence-electron chi connectivity index (χ2n) is 10.1. The number of methoxy groups -OCH3 is 1. The molecule has 10 nitrogen and oxygen atoms in total. The number of ether oxygens (including phenoxy) is 2. The molecule has 1 aliphatic carbocycles. The maximum Gasteiger partial charge on any atom is 0.260 e. The Balaban J connectivity index is 1.13. The Labute approximate surface area is 227 Å². The molecule has 2 fully saturated rings. The zero-order valence-electron chi connectivity index (χ0n) is 22.4. The van der Waals surface area contributed by atoms with Gasteiger partial charge in [-0.25, -0.2) is 9.97 Å². The van der Waals surface area contributed by atoms with Gasteiger partial charge in [0, 0.05) is 62.5 Å². The Bertz CT molecular complexity index is 1480. The maximum atomic E-state index is 12.3. The van der Waals surface area contributed by atoms with E-state index < -0.39 is 0 Å². The number of rotatable bonds is 9. The molecule has 6 rings (SSSR count). The molecule has 1 N–H and O–H groups in total. The van der Waals surface area contributed by atoms with Crippen molar-refractivity contribution in [1.82, 2.24) is 34.7 Å². The first-order chi connectivity index (χ1) is 19.1. The SMILES string of the molecule is CCOc1ncnc(-c2ccc3nc(Cc4cc(CN5CCN(C(=O)C6CC6)CC5)ccn4)[nH]c3c2)c1OC. The average Bonchev–Trinajstić information content (AvgIpc) is 3.73. The molecule has 0 unspecified atom stereocenters. The van der Waals surface area contributed by atoms with Crippen LogP contribution in [0.25, 0.3) is 22.3 Å². The highest BCUT2D eigenvalue weighted by Crippen LogP contribution is 2.35. The van der Waals surface area contributed by atoms with Crippen molar-refractivity contribution in [3.63, 3.8) is 0 Å². The summed E-state index contributed by atoms with van der Waals surface area (Å²) < 4.78 is 11.2. The number of amides is 1. The number of aromatic amines is 1. The molecule has 1 aromatic carbocycles. The van der Waals surface area contributed by atoms with E-state index in [1.807, 2.05) is 36.2 Å². The Hall–Kier alpha value is -4.05. The van der Waals surface area contributed by atoms with Crippen LogP contribution in [0, 0.1) is 5.92 Å². The molecule has 202 valence electrons. The summed E-state index contributed by atoms with van der Waals surface area (Å²) in [6.07, 6.45) is 6.09. The molecule has 3 aromatic heterocycles. The molecule has 1 aliphatic heterocycles. The van der Waals surface area contributed by atoms with Crippen LogP contribution in [0.3, 0.4) is 0 Å². The van der Waals surface area contributed by atoms with E-state index in [1.54, 1.807) is 7.11 Å². The number of H-pyrrole nitrogens is 1. The number of pyridine rings is 1. The highest BCUT2D eigenvalue weighted by atomic mass is 16.5. The zero-order chi connectivity index (χ0) is 26.8. The fourth-order valence-electron chi connectivity index (χ4n) is 5.15. The average molecular weight is 528 g/mol. The molecule has 39 heavy (non-hydrogen) atoms. The van der Waals surface area contributed by atoms with Crippen LogP contribution in [0.2, 0.25) is 0 Å². The van der Waals surface area contributed by atoms with Gasteiger partial charge >= 0.3 is 0 Å². The smallest absolute Gasteiger partial charge is 0.260 e. The molecule has 1 saturated carbocycles. The topological polar surface area (TPSA) is 109 Å². The van der Waals surface area contributed by atoms with Gasteiger partial charge in [0.25, 0.3) is 5.88 Å². The molecule has 0 radical (unpaired) electrons. The van der Waals surface area contributed by atoms with E-state index in [0.717, 1.165) is 73.7 Å². The van der Waals surface area contributed by atoms with Gasteiger partial charge in [-0.3, -0.25) is 14.7 Å². The zero-order valence-corrected chi connectivity index (χ0v) is 22.4. The van der Waals surface area contributed by atoms with Crippen LogP contribution in [-0.2, 0) is 17.8 Å². The Morgan fingerprint density at radius 1 is 1.08 bits per heavy atom. The van der Waals surface area contributed by atoms with Crippen molar-refractivity contribution in [2.75, 3.05) is 39.9 Å². The highest BCUT2D eigenvalue weighted by molar-refractivity contribution is 5.83. The summed E-state index contributed by atoms with van der Waals surface area (Å²) in [5.74, 6) is 2.44. The van der Waals surface area contributed by atoms with Crippen LogP contribution in [-0.4, -0.2) is 80.5 Å². The minimum Gasteiger partial charge on any atom is -0.490 e. The number of aromatic nitrogens is 5. The number of hydrogen-bond acceptors (Lipinski definition) is 8. The molecule has 1 amide bonds. The number of imidazole rings is 1. The van der Waals surface area contributed by atoms with Crippen molar-refractivity contribution in [3.05, 3.63) is 59.9 Å². The van der Waals surface area contributed by atoms with Gasteiger partial charge in [0.2, 0.25) is 11.7 Å². The van der Waals surface area contributed by atoms with Crippen molar-refractivity contribution < 1.29 is 14.3 Å². The maximum absolute atomic E-state index is 12.3. The lowest BCUT2D eigenvalue weighted by atomic mass is 10.1. The molecular formula is C29H33N7O3. The molecule has 1 saturated heterocycles. The first kappa shape index (κ1) is 25.2. The van der Waals surface area contributed by atoms with E-state index >= 15 is 0 Å². The number of piperazine rings is 1. The van der Waals surface area contributed by atoms with E-state index in [4.69, 9.17) is 14.5 Å². The van der Waals surface area contributed by atoms with Gasteiger partial charge in [0.1, 0.15) is 17.8 Å². The molecule has 0 bridgehead atoms. The van der Waals surface area contributed by atoms with Gasteiger partial charge in [-0.05, 0) is 49.6 Å². The number of carbonyl (C=O) groups is 1. The van der Waals surface area contributed by atoms with Crippen molar-refractivity contribution in [1.29, 1.82) is 0 Å². The predicted molar refractivity (Wildman–Crippen MR) is 146 cm³/mol. The molecule has 4 heterocycles. The van der Waals surface area contributed by atoms with E-state index in [2.05, 4.69) is 37.0 Å². The van der Waals surface area contributed by atoms with Gasteiger partial charge in [-0.1, -0.05) is 6.07 Å². The summed E-state index contributed by atoms with van der Waals surface area (Å²) in [5.41, 5.74) is 5.53. The third kappa shape index (κ3) is 5.56. The lowest BCUT2D eigenvalue weighted by Crippen LogP contribution is -2.48. The third-order valence-electron chi connectivity index (χ3n) is 7.31. The number of carbonyl (C=O) groups excluding carboxylic acids is 1. The van der Waals surface area contributed by atoms with Crippen LogP contribution in [0.4, 0.5) is 0 Å². The van der Waals surface area contributed by atoms with E-state index in [1.165, 1.54) is 11.9 Å². The van der Waals surface area contributed by atoms with Crippen molar-refractivity contribution in [2.45, 2.75) is 32.7 Å². The summed E-state index contributed by atoms with van der Waals surface area (Å²) in [4.78, 5) is 38.3. The normalized spacial score (nSPS) is 16.0. The Morgan fingerprint density at radius 2 is 1.92 bits per heavy atom. The lowest BCUT2D eigenvalue weighted by molar-refractivity contribution is -0.134. The third-order valence-corrected chi connectivity index (χ3v) is 7.31. The van der Waals surface area contributed by atoms with Crippen LogP contribution in [0.5, 0.6) is 11.6 Å². The van der Waals surface area contributed by atoms with Gasteiger partial charge in [-0.15, -0.1) is 0 Å². The quantitative estimate of drug-likeness (QED) is 0.353. The van der Waals surface area contributed by atoms with Crippen LogP contribution in [0.15, 0.2) is 42.9 Å². The molecular weight excluding hydrogens is 494 g/mol. The van der Waals surface area contributed by atoms with Crippen molar-refractivity contribution in [3.8, 4) is 22.9 Å². The number of benzene rings is 1. The molecule has 2 aliphatic rings. The summed E-state index contributed by atoms with van der Waals surface area (Å²) in [5, 5.41) is 0. The van der Waals surface area contributed by atoms with Gasteiger partial charge in [0.05, 0.1) is 24.8 Å². The van der Waals surface area contributed by atoms with Crippen LogP contribution in [0.1, 0.15) is 36.8 Å². The van der Waals surface area contributed by atoms with E-state index in [-0.39, 0.29) is 0 Å². The monoisotopic (exact) mass is 527 g/mol. The first-order valence-electron chi connectivity index (χ1n) is 13.6. The number of nitrogens with one attached hydrogen (secondary N) is 1. The van der Waals surface area contributed by atoms with Crippen LogP contribution >= 0.6 is 0 Å². The Morgan fingerprint density at radius 3 is 2.69 bits per heavy atom. The first-order valence-corrected chi connectivity index (χ1v) is 13.6. The fourth-order valence-corrected chi connectivity index (χ4v) is 5.15. The minimum atomic E-state index is 0.299. The summed E-state index contributed by atoms with van der Waals surface area (Å²) in [7, 11) is 1.59. The predicted octanol–water partition coefficient (Wildman–Crippen LogP) is 3.47. The van der Waals surface area contributed by atoms with Crippen LogP contribution < -0.4 is 9.47 Å². The van der Waals surface area contributed by atoms with Gasteiger partial charge in [0.15, 0.2) is 0 Å². The second-order valence-corrected chi connectivity index (χ2v) is 10.1. The summed E-state index contributed by atoms with van der Waals surface area (Å²) >= 11 is 0.